The molecule has 0 amide bonds. The summed E-state index contributed by atoms with van der Waals surface area (Å²) in [5.74, 6) is 0. The maximum absolute atomic E-state index is 5.49. The van der Waals surface area contributed by atoms with Gasteiger partial charge in [0.25, 0.3) is 0 Å². The third kappa shape index (κ3) is 5.69. The van der Waals surface area contributed by atoms with Crippen molar-refractivity contribution < 1.29 is 0 Å². The lowest BCUT2D eigenvalue weighted by atomic mass is 9.81. The molecule has 69 heavy (non-hydrogen) atoms. The topological polar surface area (TPSA) is 17.3 Å². The Balaban J connectivity index is 0.836. The van der Waals surface area contributed by atoms with Crippen LogP contribution in [-0.2, 0) is 5.41 Å². The van der Waals surface area contributed by atoms with Gasteiger partial charge in [-0.3, -0.25) is 4.40 Å². The molecular formula is C66H42N2S. The Hall–Kier alpha value is -8.37. The summed E-state index contributed by atoms with van der Waals surface area (Å²) in [6.07, 6.45) is 0. The second kappa shape index (κ2) is 14.3. The average molecular weight is 895 g/mol. The molecule has 0 spiro atoms. The van der Waals surface area contributed by atoms with E-state index in [9.17, 15) is 0 Å². The van der Waals surface area contributed by atoms with Crippen LogP contribution in [0.3, 0.4) is 0 Å². The number of pyridine rings is 1. The highest BCUT2D eigenvalue weighted by Crippen LogP contribution is 2.50. The molecule has 0 N–H and O–H groups in total. The van der Waals surface area contributed by atoms with Crippen molar-refractivity contribution in [3.8, 4) is 55.8 Å². The van der Waals surface area contributed by atoms with Crippen LogP contribution in [-0.4, -0.2) is 9.38 Å². The first-order valence-corrected chi connectivity index (χ1v) is 24.7. The summed E-state index contributed by atoms with van der Waals surface area (Å²) in [4.78, 5) is 5.49. The molecule has 0 fully saturated rings. The lowest BCUT2D eigenvalue weighted by Gasteiger charge is -2.22. The van der Waals surface area contributed by atoms with Gasteiger partial charge in [0.2, 0.25) is 0 Å². The van der Waals surface area contributed by atoms with Crippen molar-refractivity contribution >= 4 is 91.3 Å². The third-order valence-electron chi connectivity index (χ3n) is 15.3. The monoisotopic (exact) mass is 894 g/mol. The van der Waals surface area contributed by atoms with Gasteiger partial charge in [-0.2, -0.15) is 0 Å². The first-order chi connectivity index (χ1) is 33.9. The molecule has 3 aromatic heterocycles. The highest BCUT2D eigenvalue weighted by atomic mass is 32.1. The molecule has 322 valence electrons. The van der Waals surface area contributed by atoms with Crippen molar-refractivity contribution in [3.63, 3.8) is 0 Å². The van der Waals surface area contributed by atoms with Crippen molar-refractivity contribution in [2.75, 3.05) is 0 Å². The molecule has 0 bridgehead atoms. The van der Waals surface area contributed by atoms with Crippen molar-refractivity contribution in [2.24, 2.45) is 0 Å². The van der Waals surface area contributed by atoms with Gasteiger partial charge in [0, 0.05) is 20.9 Å². The first-order valence-electron chi connectivity index (χ1n) is 23.9. The van der Waals surface area contributed by atoms with Gasteiger partial charge in [0.1, 0.15) is 0 Å². The predicted octanol–water partition coefficient (Wildman–Crippen LogP) is 18.4. The Morgan fingerprint density at radius 2 is 0.928 bits per heavy atom. The van der Waals surface area contributed by atoms with Crippen molar-refractivity contribution in [1.29, 1.82) is 0 Å². The van der Waals surface area contributed by atoms with Crippen LogP contribution >= 0.6 is 11.3 Å². The molecular weight excluding hydrogens is 853 g/mol. The number of hydrogen-bond donors (Lipinski definition) is 0. The molecule has 0 aliphatic heterocycles. The minimum Gasteiger partial charge on any atom is -0.291 e. The summed E-state index contributed by atoms with van der Waals surface area (Å²) < 4.78 is 4.94. The number of fused-ring (bicyclic) bond motifs is 15. The van der Waals surface area contributed by atoms with E-state index in [1.807, 2.05) is 11.3 Å². The number of thiophene rings is 1. The van der Waals surface area contributed by atoms with E-state index in [0.29, 0.717) is 0 Å². The van der Waals surface area contributed by atoms with E-state index < -0.39 is 0 Å². The number of aromatic nitrogens is 2. The lowest BCUT2D eigenvalue weighted by molar-refractivity contribution is 0.660. The van der Waals surface area contributed by atoms with Gasteiger partial charge < -0.3 is 0 Å². The summed E-state index contributed by atoms with van der Waals surface area (Å²) in [6.45, 7) is 4.70. The van der Waals surface area contributed by atoms with Crippen LogP contribution in [0.2, 0.25) is 0 Å². The molecule has 2 nitrogen and oxygen atoms in total. The SMILES string of the molecule is CC1(C)c2ccccc2-c2ccc(-c3ccc(-c4ccc(-c5ccc(-c6cc7c8ccc9ccccc9c8sc7c7nc8cc9cc%10ccccc%10cc9cc8n67)cc5)c5ccccc45)cc3)cc21. The zero-order chi connectivity index (χ0) is 45.5. The Morgan fingerprint density at radius 1 is 0.362 bits per heavy atom. The van der Waals surface area contributed by atoms with Crippen LogP contribution in [0.4, 0.5) is 0 Å². The summed E-state index contributed by atoms with van der Waals surface area (Å²) >= 11 is 1.86. The van der Waals surface area contributed by atoms with E-state index in [1.54, 1.807) is 0 Å². The fraction of sp³-hybridized carbons (Fsp3) is 0.0455. The molecule has 0 radical (unpaired) electrons. The van der Waals surface area contributed by atoms with E-state index in [2.05, 4.69) is 237 Å². The summed E-state index contributed by atoms with van der Waals surface area (Å²) in [6, 6.07) is 81.4. The van der Waals surface area contributed by atoms with Gasteiger partial charge >= 0.3 is 0 Å². The highest BCUT2D eigenvalue weighted by Gasteiger charge is 2.35. The van der Waals surface area contributed by atoms with Gasteiger partial charge in [0.15, 0.2) is 5.65 Å². The number of rotatable bonds is 4. The molecule has 0 atom stereocenters. The zero-order valence-corrected chi connectivity index (χ0v) is 38.9. The highest BCUT2D eigenvalue weighted by molar-refractivity contribution is 7.27. The second-order valence-electron chi connectivity index (χ2n) is 19.5. The average Bonchev–Trinajstić information content (AvgIpc) is 4.04. The fourth-order valence-electron chi connectivity index (χ4n) is 11.8. The molecule has 1 aliphatic rings. The second-order valence-corrected chi connectivity index (χ2v) is 20.5. The number of hydrogen-bond acceptors (Lipinski definition) is 2. The van der Waals surface area contributed by atoms with E-state index in [4.69, 9.17) is 4.98 Å². The Bertz CT molecular complexity index is 4490. The normalized spacial score (nSPS) is 13.2. The predicted molar refractivity (Wildman–Crippen MR) is 295 cm³/mol. The molecule has 0 unspecified atom stereocenters. The standard InChI is InChI=1S/C66H42N2S/c1-66(2)58-18-10-9-17-54(58)55-29-28-46(35-59(55)66)39-19-21-41(22-20-39)49-31-32-50(53-16-8-7-15-52(49)53)42-23-25-43(26-24-42)61-38-57-56-30-27-40-11-5-6-14-51(40)63(56)69-64(57)65-67-60-36-47-33-44-12-3-4-13-45(44)34-48(47)37-62(60)68(61)65/h3-38H,1-2H3. The van der Waals surface area contributed by atoms with Gasteiger partial charge in [-0.05, 0) is 141 Å². The molecule has 11 aromatic carbocycles. The molecule has 1 aliphatic carbocycles. The molecule has 3 heterocycles. The zero-order valence-electron chi connectivity index (χ0n) is 38.1. The van der Waals surface area contributed by atoms with Crippen LogP contribution in [0.5, 0.6) is 0 Å². The summed E-state index contributed by atoms with van der Waals surface area (Å²) in [5, 5.41) is 12.5. The smallest absolute Gasteiger partial charge is 0.156 e. The van der Waals surface area contributed by atoms with Crippen molar-refractivity contribution in [3.05, 3.63) is 230 Å². The van der Waals surface area contributed by atoms with E-state index in [1.165, 1.54) is 119 Å². The molecule has 15 rings (SSSR count). The Labute approximate surface area is 403 Å². The molecule has 0 saturated heterocycles. The van der Waals surface area contributed by atoms with Crippen molar-refractivity contribution in [2.45, 2.75) is 19.3 Å². The van der Waals surface area contributed by atoms with E-state index in [-0.39, 0.29) is 5.41 Å². The van der Waals surface area contributed by atoms with Gasteiger partial charge in [-0.1, -0.05) is 196 Å². The molecule has 14 aromatic rings. The van der Waals surface area contributed by atoms with E-state index in [0.717, 1.165) is 27.9 Å². The summed E-state index contributed by atoms with van der Waals surface area (Å²) in [5.41, 5.74) is 18.3. The van der Waals surface area contributed by atoms with Gasteiger partial charge in [0.05, 0.1) is 21.4 Å². The minimum atomic E-state index is -0.0276. The number of nitrogens with zero attached hydrogens (tertiary/aromatic N) is 2. The van der Waals surface area contributed by atoms with Gasteiger partial charge in [-0.25, -0.2) is 4.98 Å². The Kier molecular flexibility index (Phi) is 8.03. The maximum atomic E-state index is 5.49. The fourth-order valence-corrected chi connectivity index (χ4v) is 13.1. The van der Waals surface area contributed by atoms with Crippen LogP contribution in [0.15, 0.2) is 218 Å². The quantitative estimate of drug-likeness (QED) is 0.161. The summed E-state index contributed by atoms with van der Waals surface area (Å²) in [7, 11) is 0. The van der Waals surface area contributed by atoms with Crippen LogP contribution in [0.1, 0.15) is 25.0 Å². The lowest BCUT2D eigenvalue weighted by Crippen LogP contribution is -2.14. The largest absolute Gasteiger partial charge is 0.291 e. The number of imidazole rings is 1. The van der Waals surface area contributed by atoms with Gasteiger partial charge in [-0.15, -0.1) is 11.3 Å². The maximum Gasteiger partial charge on any atom is 0.156 e. The Morgan fingerprint density at radius 3 is 1.65 bits per heavy atom. The van der Waals surface area contributed by atoms with Crippen LogP contribution < -0.4 is 0 Å². The minimum absolute atomic E-state index is 0.0276. The van der Waals surface area contributed by atoms with Crippen LogP contribution in [0, 0.1) is 0 Å². The number of benzene rings is 11. The van der Waals surface area contributed by atoms with Crippen molar-refractivity contribution in [1.82, 2.24) is 9.38 Å². The van der Waals surface area contributed by atoms with Crippen LogP contribution in [0.25, 0.3) is 136 Å². The van der Waals surface area contributed by atoms with E-state index >= 15 is 0 Å². The molecule has 0 saturated carbocycles. The first kappa shape index (κ1) is 38.7. The third-order valence-corrected chi connectivity index (χ3v) is 16.6. The molecule has 3 heteroatoms.